The molecule has 0 bridgehead atoms. The fraction of sp³-hybridized carbons (Fsp3) is 0.714. The van der Waals surface area contributed by atoms with Gasteiger partial charge in [0.15, 0.2) is 5.82 Å². The third-order valence-electron chi connectivity index (χ3n) is 3.72. The largest absolute Gasteiger partial charge is 0.372 e. The molecule has 0 aliphatic heterocycles. The normalized spacial score (nSPS) is 18.9. The van der Waals surface area contributed by atoms with Crippen LogP contribution < -0.4 is 5.32 Å². The van der Waals surface area contributed by atoms with Crippen LogP contribution in [0.3, 0.4) is 0 Å². The van der Waals surface area contributed by atoms with Gasteiger partial charge in [-0.25, -0.2) is 9.97 Å². The van der Waals surface area contributed by atoms with Crippen molar-refractivity contribution in [2.45, 2.75) is 51.0 Å². The summed E-state index contributed by atoms with van der Waals surface area (Å²) < 4.78 is 7.17. The van der Waals surface area contributed by atoms with Gasteiger partial charge in [0.25, 0.3) is 0 Å². The Morgan fingerprint density at radius 3 is 2.58 bits per heavy atom. The number of anilines is 1. The van der Waals surface area contributed by atoms with Crippen LogP contribution in [0.1, 0.15) is 51.3 Å². The van der Waals surface area contributed by atoms with Crippen molar-refractivity contribution < 1.29 is 4.74 Å². The average Bonchev–Trinajstić information content (AvgIpc) is 2.66. The van der Waals surface area contributed by atoms with Crippen molar-refractivity contribution in [3.05, 3.63) is 15.6 Å². The van der Waals surface area contributed by atoms with Gasteiger partial charge in [0.05, 0.1) is 3.57 Å². The van der Waals surface area contributed by atoms with Crippen LogP contribution in [-0.2, 0) is 10.3 Å². The summed E-state index contributed by atoms with van der Waals surface area (Å²) in [5.41, 5.74) is -0.277. The number of nitrogens with zero attached hydrogens (tertiary/aromatic N) is 2. The molecule has 1 aliphatic carbocycles. The van der Waals surface area contributed by atoms with E-state index in [1.807, 2.05) is 13.2 Å². The van der Waals surface area contributed by atoms with Gasteiger partial charge in [0.2, 0.25) is 0 Å². The van der Waals surface area contributed by atoms with E-state index in [0.29, 0.717) is 6.61 Å². The van der Waals surface area contributed by atoms with Gasteiger partial charge in [-0.3, -0.25) is 0 Å². The van der Waals surface area contributed by atoms with E-state index in [-0.39, 0.29) is 5.60 Å². The molecule has 4 nitrogen and oxygen atoms in total. The van der Waals surface area contributed by atoms with Crippen molar-refractivity contribution in [2.75, 3.05) is 19.0 Å². The monoisotopic (exact) mass is 375 g/mol. The fourth-order valence-electron chi connectivity index (χ4n) is 2.77. The number of hydrogen-bond donors (Lipinski definition) is 1. The number of hydrogen-bond acceptors (Lipinski definition) is 4. The Morgan fingerprint density at radius 1 is 1.32 bits per heavy atom. The second kappa shape index (κ2) is 6.83. The molecule has 0 amide bonds. The van der Waals surface area contributed by atoms with Crippen molar-refractivity contribution >= 4 is 28.4 Å². The van der Waals surface area contributed by atoms with Crippen LogP contribution >= 0.6 is 22.6 Å². The van der Waals surface area contributed by atoms with Gasteiger partial charge in [-0.2, -0.15) is 0 Å². The summed E-state index contributed by atoms with van der Waals surface area (Å²) >= 11 is 2.25. The van der Waals surface area contributed by atoms with Gasteiger partial charge in [-0.05, 0) is 42.4 Å². The second-order valence-electron chi connectivity index (χ2n) is 4.98. The molecule has 1 aromatic rings. The van der Waals surface area contributed by atoms with E-state index in [2.05, 4.69) is 39.8 Å². The molecule has 0 spiro atoms. The standard InChI is InChI=1S/C14H22IN3O/c1-3-19-14(8-6-4-5-7-9-14)13-17-10-11(15)12(16-2)18-13/h10H,3-9H2,1-2H3,(H,16,17,18). The highest BCUT2D eigenvalue weighted by atomic mass is 127. The molecule has 0 radical (unpaired) electrons. The minimum absolute atomic E-state index is 0.277. The highest BCUT2D eigenvalue weighted by Crippen LogP contribution is 2.38. The summed E-state index contributed by atoms with van der Waals surface area (Å²) in [5.74, 6) is 1.75. The summed E-state index contributed by atoms with van der Waals surface area (Å²) in [4.78, 5) is 9.25. The van der Waals surface area contributed by atoms with Crippen molar-refractivity contribution in [1.29, 1.82) is 0 Å². The van der Waals surface area contributed by atoms with E-state index in [4.69, 9.17) is 9.72 Å². The van der Waals surface area contributed by atoms with Gasteiger partial charge in [-0.15, -0.1) is 0 Å². The minimum atomic E-state index is -0.277. The first kappa shape index (κ1) is 15.0. The lowest BCUT2D eigenvalue weighted by atomic mass is 9.93. The molecule has 106 valence electrons. The van der Waals surface area contributed by atoms with Crippen molar-refractivity contribution in [3.8, 4) is 0 Å². The molecule has 1 aromatic heterocycles. The van der Waals surface area contributed by atoms with Crippen LogP contribution in [0.5, 0.6) is 0 Å². The molecule has 1 fully saturated rings. The SMILES string of the molecule is CCOC1(c2ncc(I)c(NC)n2)CCCCCC1. The highest BCUT2D eigenvalue weighted by Gasteiger charge is 2.36. The van der Waals surface area contributed by atoms with Gasteiger partial charge >= 0.3 is 0 Å². The Labute approximate surface area is 128 Å². The molecule has 0 aromatic carbocycles. The average molecular weight is 375 g/mol. The summed E-state index contributed by atoms with van der Waals surface area (Å²) in [6.45, 7) is 2.77. The van der Waals surface area contributed by atoms with E-state index < -0.39 is 0 Å². The minimum Gasteiger partial charge on any atom is -0.372 e. The topological polar surface area (TPSA) is 47.0 Å². The highest BCUT2D eigenvalue weighted by molar-refractivity contribution is 14.1. The number of rotatable bonds is 4. The molecule has 1 saturated carbocycles. The maximum atomic E-state index is 6.12. The van der Waals surface area contributed by atoms with Gasteiger partial charge in [0.1, 0.15) is 11.4 Å². The van der Waals surface area contributed by atoms with Crippen molar-refractivity contribution in [3.63, 3.8) is 0 Å². The number of aromatic nitrogens is 2. The van der Waals surface area contributed by atoms with Gasteiger partial charge < -0.3 is 10.1 Å². The van der Waals surface area contributed by atoms with Crippen LogP contribution in [0.4, 0.5) is 5.82 Å². The van der Waals surface area contributed by atoms with Crippen LogP contribution in [0.15, 0.2) is 6.20 Å². The molecule has 1 N–H and O–H groups in total. The first-order valence-corrected chi connectivity index (χ1v) is 8.14. The number of ether oxygens (including phenoxy) is 1. The Morgan fingerprint density at radius 2 is 2.00 bits per heavy atom. The summed E-state index contributed by atoms with van der Waals surface area (Å²) in [6.07, 6.45) is 8.93. The van der Waals surface area contributed by atoms with Crippen LogP contribution in [-0.4, -0.2) is 23.6 Å². The summed E-state index contributed by atoms with van der Waals surface area (Å²) in [6, 6.07) is 0. The zero-order chi connectivity index (χ0) is 13.7. The second-order valence-corrected chi connectivity index (χ2v) is 6.14. The van der Waals surface area contributed by atoms with E-state index in [0.717, 1.165) is 28.1 Å². The third kappa shape index (κ3) is 3.37. The third-order valence-corrected chi connectivity index (χ3v) is 4.51. The Hall–Kier alpha value is -0.430. The van der Waals surface area contributed by atoms with Crippen molar-refractivity contribution in [1.82, 2.24) is 9.97 Å². The Balaban J connectivity index is 2.36. The molecule has 0 atom stereocenters. The van der Waals surface area contributed by atoms with Crippen LogP contribution in [0.25, 0.3) is 0 Å². The predicted octanol–water partition coefficient (Wildman–Crippen LogP) is 3.71. The number of nitrogens with one attached hydrogen (secondary N) is 1. The van der Waals surface area contributed by atoms with E-state index in [9.17, 15) is 0 Å². The van der Waals surface area contributed by atoms with E-state index in [1.54, 1.807) is 0 Å². The Kier molecular flexibility index (Phi) is 5.38. The van der Waals surface area contributed by atoms with Gasteiger partial charge in [0, 0.05) is 19.9 Å². The molecule has 0 unspecified atom stereocenters. The first-order valence-electron chi connectivity index (χ1n) is 7.06. The maximum absolute atomic E-state index is 6.12. The van der Waals surface area contributed by atoms with E-state index >= 15 is 0 Å². The summed E-state index contributed by atoms with van der Waals surface area (Å²) in [7, 11) is 1.90. The molecule has 1 aliphatic rings. The zero-order valence-corrected chi connectivity index (χ0v) is 13.9. The molecular formula is C14H22IN3O. The zero-order valence-electron chi connectivity index (χ0n) is 11.7. The van der Waals surface area contributed by atoms with Crippen LogP contribution in [0.2, 0.25) is 0 Å². The molecule has 5 heteroatoms. The molecule has 1 heterocycles. The summed E-state index contributed by atoms with van der Waals surface area (Å²) in [5, 5.41) is 3.14. The molecule has 2 rings (SSSR count). The molecule has 19 heavy (non-hydrogen) atoms. The number of halogens is 1. The lowest BCUT2D eigenvalue weighted by Crippen LogP contribution is -2.32. The maximum Gasteiger partial charge on any atom is 0.162 e. The smallest absolute Gasteiger partial charge is 0.162 e. The van der Waals surface area contributed by atoms with Gasteiger partial charge in [-0.1, -0.05) is 25.7 Å². The van der Waals surface area contributed by atoms with Crippen molar-refractivity contribution in [2.24, 2.45) is 0 Å². The fourth-order valence-corrected chi connectivity index (χ4v) is 3.30. The quantitative estimate of drug-likeness (QED) is 0.644. The first-order chi connectivity index (χ1) is 9.22. The predicted molar refractivity (Wildman–Crippen MR) is 85.3 cm³/mol. The molecule has 0 saturated heterocycles. The van der Waals surface area contributed by atoms with Crippen LogP contribution in [0, 0.1) is 3.57 Å². The lowest BCUT2D eigenvalue weighted by Gasteiger charge is -2.31. The Bertz CT molecular complexity index is 417. The molecular weight excluding hydrogens is 353 g/mol. The lowest BCUT2D eigenvalue weighted by molar-refractivity contribution is -0.0623. The van der Waals surface area contributed by atoms with E-state index in [1.165, 1.54) is 25.7 Å².